The largest absolute Gasteiger partial charge is 0.538 e. The average molecular weight is 458 g/mol. The third-order valence-corrected chi connectivity index (χ3v) is 5.86. The third-order valence-electron chi connectivity index (χ3n) is 4.47. The van der Waals surface area contributed by atoms with Crippen LogP contribution in [0.15, 0.2) is 58.1 Å². The molecule has 1 N–H and O–H groups in total. The Morgan fingerprint density at radius 2 is 1.84 bits per heavy atom. The second kappa shape index (κ2) is 10.7. The molecule has 1 unspecified atom stereocenters. The molecule has 0 saturated carbocycles. The van der Waals surface area contributed by atoms with Crippen molar-refractivity contribution in [1.29, 1.82) is 0 Å². The fourth-order valence-electron chi connectivity index (χ4n) is 2.81. The zero-order chi connectivity index (χ0) is 23.1. The number of thioether (sulfide) groups is 1. The molecule has 2 aromatic carbocycles. The molecule has 1 heterocycles. The number of benzene rings is 2. The number of carbonyl (C=O) groups is 2. The molecule has 10 heteroatoms. The Hall–Kier alpha value is -3.53. The summed E-state index contributed by atoms with van der Waals surface area (Å²) < 4.78 is 16.3. The highest BCUT2D eigenvalue weighted by Gasteiger charge is 2.28. The number of esters is 1. The summed E-state index contributed by atoms with van der Waals surface area (Å²) >= 11 is 1.07. The number of anilines is 1. The van der Waals surface area contributed by atoms with Gasteiger partial charge in [-0.25, -0.2) is 4.79 Å². The van der Waals surface area contributed by atoms with Crippen molar-refractivity contribution in [2.24, 2.45) is 0 Å². The number of rotatable bonds is 9. The molecule has 168 valence electrons. The van der Waals surface area contributed by atoms with Gasteiger partial charge in [0.1, 0.15) is 5.75 Å². The van der Waals surface area contributed by atoms with Crippen molar-refractivity contribution >= 4 is 29.3 Å². The van der Waals surface area contributed by atoms with E-state index >= 15 is 0 Å². The monoisotopic (exact) mass is 457 g/mol. The molecule has 32 heavy (non-hydrogen) atoms. The molecule has 0 fully saturated rings. The molecule has 1 atom stereocenters. The average Bonchev–Trinajstić information content (AvgIpc) is 3.17. The lowest BCUT2D eigenvalue weighted by Gasteiger charge is -2.13. The number of ether oxygens (including phenoxy) is 2. The lowest BCUT2D eigenvalue weighted by molar-refractivity contribution is -0.705. The zero-order valence-electron chi connectivity index (χ0n) is 17.9. The van der Waals surface area contributed by atoms with Crippen LogP contribution in [0.1, 0.15) is 30.6 Å². The zero-order valence-corrected chi connectivity index (χ0v) is 18.7. The Bertz CT molecular complexity index is 1070. The van der Waals surface area contributed by atoms with Crippen LogP contribution in [0.5, 0.6) is 11.7 Å². The van der Waals surface area contributed by atoms with E-state index in [2.05, 4.69) is 10.6 Å². The van der Waals surface area contributed by atoms with Crippen LogP contribution in [0.4, 0.5) is 5.69 Å². The summed E-state index contributed by atoms with van der Waals surface area (Å²) in [6.07, 6.45) is 0.463. The topological polar surface area (TPSA) is 118 Å². The van der Waals surface area contributed by atoms with Crippen LogP contribution in [-0.2, 0) is 9.53 Å². The molecule has 9 nitrogen and oxygen atoms in total. The smallest absolute Gasteiger partial charge is 0.338 e. The second-order valence-corrected chi connectivity index (χ2v) is 7.77. The number of methoxy groups -OCH3 is 1. The molecule has 0 saturated heterocycles. The van der Waals surface area contributed by atoms with Gasteiger partial charge in [0.15, 0.2) is 5.95 Å². The normalized spacial score (nSPS) is 11.6. The van der Waals surface area contributed by atoms with Gasteiger partial charge in [-0.3, -0.25) is 4.79 Å². The maximum absolute atomic E-state index is 12.8. The van der Waals surface area contributed by atoms with Crippen molar-refractivity contribution in [3.63, 3.8) is 0 Å². The predicted octanol–water partition coefficient (Wildman–Crippen LogP) is 2.72. The highest BCUT2D eigenvalue weighted by Crippen LogP contribution is 2.30. The summed E-state index contributed by atoms with van der Waals surface area (Å²) in [6, 6.07) is 13.3. The summed E-state index contributed by atoms with van der Waals surface area (Å²) in [6.45, 7) is 3.86. The van der Waals surface area contributed by atoms with Crippen molar-refractivity contribution < 1.29 is 33.4 Å². The van der Waals surface area contributed by atoms with Crippen LogP contribution in [0.25, 0.3) is 5.69 Å². The first kappa shape index (κ1) is 23.1. The van der Waals surface area contributed by atoms with E-state index in [1.165, 1.54) is 4.68 Å². The van der Waals surface area contributed by atoms with E-state index in [1.807, 2.05) is 6.92 Å². The molecule has 3 aromatic rings. The summed E-state index contributed by atoms with van der Waals surface area (Å²) in [5.41, 5.74) is 1.52. The van der Waals surface area contributed by atoms with Gasteiger partial charge in [-0.05, 0) is 66.2 Å². The molecule has 1 amide bonds. The van der Waals surface area contributed by atoms with Gasteiger partial charge in [-0.15, -0.1) is 0 Å². The van der Waals surface area contributed by atoms with Crippen molar-refractivity contribution in [3.05, 3.63) is 54.1 Å². The van der Waals surface area contributed by atoms with Crippen LogP contribution in [0.3, 0.4) is 0 Å². The van der Waals surface area contributed by atoms with E-state index in [-0.39, 0.29) is 17.5 Å². The maximum atomic E-state index is 12.8. The Morgan fingerprint density at radius 1 is 1.16 bits per heavy atom. The maximum Gasteiger partial charge on any atom is 0.338 e. The van der Waals surface area contributed by atoms with Crippen LogP contribution < -0.4 is 19.8 Å². The van der Waals surface area contributed by atoms with Gasteiger partial charge in [0.25, 0.3) is 5.03 Å². The van der Waals surface area contributed by atoms with Gasteiger partial charge in [-0.2, -0.15) is 0 Å². The molecule has 0 aliphatic carbocycles. The number of nitrogens with zero attached hydrogens (tertiary/aromatic N) is 2. The first-order valence-electron chi connectivity index (χ1n) is 9.95. The van der Waals surface area contributed by atoms with Crippen molar-refractivity contribution in [2.45, 2.75) is 30.5 Å². The second-order valence-electron chi connectivity index (χ2n) is 6.58. The minimum atomic E-state index is -0.629. The lowest BCUT2D eigenvalue weighted by Crippen LogP contribution is -2.36. The molecule has 1 aromatic heterocycles. The van der Waals surface area contributed by atoms with Gasteiger partial charge >= 0.3 is 5.97 Å². The summed E-state index contributed by atoms with van der Waals surface area (Å²) in [5, 5.41) is 18.5. The minimum Gasteiger partial charge on any atom is -0.538 e. The van der Waals surface area contributed by atoms with Gasteiger partial charge in [0, 0.05) is 17.8 Å². The first-order valence-corrected chi connectivity index (χ1v) is 10.8. The van der Waals surface area contributed by atoms with Crippen molar-refractivity contribution in [1.82, 2.24) is 5.27 Å². The molecular formula is C22H23N3O6S. The standard InChI is InChI=1S/C22H23N3O6S/c1-4-18(19(26)23-15-8-6-14(7-9-15)21(27)30-5-2)32-20-22(28)31-24-25(20)16-10-12-17(29-3)13-11-16/h6-13,18H,4-5H2,1-3H3,(H-,23,24,26,27,28). The quantitative estimate of drug-likeness (QED) is 0.296. The van der Waals surface area contributed by atoms with Crippen LogP contribution >= 0.6 is 11.8 Å². The Kier molecular flexibility index (Phi) is 7.72. The van der Waals surface area contributed by atoms with E-state index in [0.717, 1.165) is 11.8 Å². The minimum absolute atomic E-state index is 0.190. The molecule has 0 spiro atoms. The fourth-order valence-corrected chi connectivity index (χ4v) is 3.78. The van der Waals surface area contributed by atoms with Crippen LogP contribution in [0, 0.1) is 0 Å². The third kappa shape index (κ3) is 5.38. The summed E-state index contributed by atoms with van der Waals surface area (Å²) in [5.74, 6) is -0.681. The molecule has 0 aliphatic rings. The number of aromatic nitrogens is 2. The van der Waals surface area contributed by atoms with E-state index in [0.29, 0.717) is 29.1 Å². The highest BCUT2D eigenvalue weighted by molar-refractivity contribution is 8.00. The van der Waals surface area contributed by atoms with Gasteiger partial charge in [-0.1, -0.05) is 6.92 Å². The van der Waals surface area contributed by atoms with Crippen LogP contribution in [-0.4, -0.2) is 36.1 Å². The highest BCUT2D eigenvalue weighted by atomic mass is 32.2. The molecular weight excluding hydrogens is 434 g/mol. The Balaban J connectivity index is 1.73. The van der Waals surface area contributed by atoms with E-state index < -0.39 is 17.2 Å². The van der Waals surface area contributed by atoms with Crippen LogP contribution in [0.2, 0.25) is 0 Å². The van der Waals surface area contributed by atoms with Crippen molar-refractivity contribution in [2.75, 3.05) is 19.0 Å². The first-order chi connectivity index (χ1) is 15.5. The fraction of sp³-hybridized carbons (Fsp3) is 0.273. The Morgan fingerprint density at radius 3 is 2.44 bits per heavy atom. The number of nitrogens with one attached hydrogen (secondary N) is 1. The van der Waals surface area contributed by atoms with Gasteiger partial charge in [0.2, 0.25) is 11.6 Å². The number of carbonyl (C=O) groups excluding carboxylic acids is 2. The number of hydrogen-bond acceptors (Lipinski definition) is 8. The summed E-state index contributed by atoms with van der Waals surface area (Å²) in [4.78, 5) is 24.6. The number of hydrogen-bond donors (Lipinski definition) is 1. The van der Waals surface area contributed by atoms with Gasteiger partial charge < -0.3 is 24.4 Å². The SMILES string of the molecule is CCOC(=O)c1ccc(NC(=O)C(CC)Sc2c([O-])on[n+]2-c2ccc(OC)cc2)cc1. The predicted molar refractivity (Wildman–Crippen MR) is 115 cm³/mol. The molecule has 0 bridgehead atoms. The van der Waals surface area contributed by atoms with Crippen molar-refractivity contribution in [3.8, 4) is 17.4 Å². The number of amides is 1. The Labute approximate surface area is 189 Å². The lowest BCUT2D eigenvalue weighted by atomic mass is 10.2. The molecule has 0 radical (unpaired) electrons. The van der Waals surface area contributed by atoms with E-state index in [9.17, 15) is 14.7 Å². The molecule has 0 aliphatic heterocycles. The molecule has 3 rings (SSSR count). The van der Waals surface area contributed by atoms with E-state index in [4.69, 9.17) is 14.0 Å². The van der Waals surface area contributed by atoms with E-state index in [1.54, 1.807) is 62.6 Å². The summed E-state index contributed by atoms with van der Waals surface area (Å²) in [7, 11) is 1.56. The van der Waals surface area contributed by atoms with Gasteiger partial charge in [0.05, 0.1) is 29.8 Å².